The lowest BCUT2D eigenvalue weighted by Gasteiger charge is -2.34. The van der Waals surface area contributed by atoms with Gasteiger partial charge in [-0.15, -0.1) is 0 Å². The molecule has 2 aliphatic heterocycles. The van der Waals surface area contributed by atoms with E-state index >= 15 is 0 Å². The van der Waals surface area contributed by atoms with Gasteiger partial charge in [0.15, 0.2) is 6.29 Å². The highest BCUT2D eigenvalue weighted by Gasteiger charge is 2.29. The summed E-state index contributed by atoms with van der Waals surface area (Å²) in [6, 6.07) is 10.1. The third-order valence-electron chi connectivity index (χ3n) is 8.27. The maximum absolute atomic E-state index is 10.9. The van der Waals surface area contributed by atoms with Crippen LogP contribution in [0.15, 0.2) is 41.3 Å². The van der Waals surface area contributed by atoms with Crippen molar-refractivity contribution in [2.45, 2.75) is 71.6 Å². The standard InChI is InChI=1S/C17H32N2O3.C14H16N2O.CH3NO/c1-13(2)14(3)16(22-18-4)9-12-19-10-7-15(8-11-19)17(20-5)21-6;1-11(14-3-2-8-16(14)10-17)13-6-4-12(9-15)5-7-13;2-1-3/h9,13-15,17H,4,7-8,10-12H2,1-3,5-6H3;4-7,10-11,14H,2-3,8H2,1H3;1H,(H2,2,3)/b16-9-;;. The number of rotatable bonds is 12. The summed E-state index contributed by atoms with van der Waals surface area (Å²) in [6.45, 7) is 16.0. The van der Waals surface area contributed by atoms with E-state index in [-0.39, 0.29) is 12.7 Å². The molecule has 42 heavy (non-hydrogen) atoms. The molecule has 3 unspecified atom stereocenters. The Morgan fingerprint density at radius 3 is 2.17 bits per heavy atom. The molecule has 0 aromatic heterocycles. The van der Waals surface area contributed by atoms with Gasteiger partial charge in [0.05, 0.1) is 11.6 Å². The number of hydrogen-bond acceptors (Lipinski definition) is 8. The summed E-state index contributed by atoms with van der Waals surface area (Å²) < 4.78 is 10.7. The highest BCUT2D eigenvalue weighted by molar-refractivity contribution is 5.49. The maximum Gasteiger partial charge on any atom is 0.209 e. The van der Waals surface area contributed by atoms with E-state index in [4.69, 9.17) is 24.4 Å². The van der Waals surface area contributed by atoms with Crippen LogP contribution in [0.5, 0.6) is 0 Å². The van der Waals surface area contributed by atoms with Crippen molar-refractivity contribution >= 4 is 19.5 Å². The zero-order valence-electron chi connectivity index (χ0n) is 26.3. The van der Waals surface area contributed by atoms with Gasteiger partial charge in [-0.05, 0) is 68.5 Å². The minimum atomic E-state index is -0.0810. The molecular weight excluding hydrogens is 534 g/mol. The molecule has 2 amide bonds. The first-order chi connectivity index (χ1) is 20.2. The summed E-state index contributed by atoms with van der Waals surface area (Å²) in [4.78, 5) is 29.2. The Hall–Kier alpha value is -3.26. The first-order valence-electron chi connectivity index (χ1n) is 14.7. The number of ether oxygens (including phenoxy) is 2. The van der Waals surface area contributed by atoms with Gasteiger partial charge in [0.2, 0.25) is 12.8 Å². The topological polar surface area (TPSA) is 130 Å². The second-order valence-corrected chi connectivity index (χ2v) is 11.0. The second-order valence-electron chi connectivity index (χ2n) is 11.0. The van der Waals surface area contributed by atoms with E-state index < -0.39 is 0 Å². The van der Waals surface area contributed by atoms with Crippen LogP contribution in [0, 0.1) is 29.1 Å². The van der Waals surface area contributed by atoms with E-state index in [1.54, 1.807) is 14.2 Å². The number of likely N-dealkylation sites (tertiary alicyclic amines) is 2. The molecule has 0 bridgehead atoms. The number of hydrogen-bond donors (Lipinski definition) is 1. The fraction of sp³-hybridized carbons (Fsp3) is 0.625. The van der Waals surface area contributed by atoms with Crippen LogP contribution >= 0.6 is 0 Å². The number of benzene rings is 1. The van der Waals surface area contributed by atoms with Gasteiger partial charge in [0.1, 0.15) is 5.76 Å². The highest BCUT2D eigenvalue weighted by atomic mass is 16.7. The first kappa shape index (κ1) is 36.8. The molecule has 2 fully saturated rings. The van der Waals surface area contributed by atoms with Crippen molar-refractivity contribution in [3.05, 3.63) is 47.2 Å². The van der Waals surface area contributed by atoms with E-state index in [0.29, 0.717) is 35.3 Å². The molecule has 1 aromatic carbocycles. The molecule has 2 N–H and O–H groups in total. The van der Waals surface area contributed by atoms with Crippen molar-refractivity contribution in [1.82, 2.24) is 9.80 Å². The average molecular weight is 586 g/mol. The molecular formula is C32H51N5O5. The monoisotopic (exact) mass is 585 g/mol. The number of nitrogens with zero attached hydrogens (tertiary/aromatic N) is 4. The molecule has 3 atom stereocenters. The number of nitriles is 1. The van der Waals surface area contributed by atoms with Crippen LogP contribution in [0.1, 0.15) is 70.4 Å². The Morgan fingerprint density at radius 2 is 1.69 bits per heavy atom. The molecule has 3 rings (SSSR count). The van der Waals surface area contributed by atoms with Crippen LogP contribution in [0.2, 0.25) is 0 Å². The zero-order valence-corrected chi connectivity index (χ0v) is 26.3. The van der Waals surface area contributed by atoms with Crippen molar-refractivity contribution in [2.24, 2.45) is 28.6 Å². The summed E-state index contributed by atoms with van der Waals surface area (Å²) in [7, 11) is 3.42. The van der Waals surface area contributed by atoms with E-state index in [9.17, 15) is 4.79 Å². The Bertz CT molecular complexity index is 982. The zero-order chi connectivity index (χ0) is 31.5. The number of amides is 2. The minimum absolute atomic E-state index is 0.0810. The van der Waals surface area contributed by atoms with E-state index in [2.05, 4.69) is 62.3 Å². The minimum Gasteiger partial charge on any atom is -0.372 e. The third kappa shape index (κ3) is 11.9. The fourth-order valence-corrected chi connectivity index (χ4v) is 5.38. The fourth-order valence-electron chi connectivity index (χ4n) is 5.38. The summed E-state index contributed by atoms with van der Waals surface area (Å²) in [6.07, 6.45) is 7.61. The predicted octanol–water partition coefficient (Wildman–Crippen LogP) is 4.51. The average Bonchev–Trinajstić information content (AvgIpc) is 3.49. The number of carbonyl (C=O) groups excluding carboxylic acids is 2. The lowest BCUT2D eigenvalue weighted by Crippen LogP contribution is -2.39. The molecule has 234 valence electrons. The number of methoxy groups -OCH3 is 2. The molecule has 10 nitrogen and oxygen atoms in total. The third-order valence-corrected chi connectivity index (χ3v) is 8.27. The number of nitrogens with two attached hydrogens (primary N) is 1. The number of allylic oxidation sites excluding steroid dienone is 1. The number of piperidine rings is 1. The smallest absolute Gasteiger partial charge is 0.209 e. The second kappa shape index (κ2) is 20.6. The largest absolute Gasteiger partial charge is 0.372 e. The van der Waals surface area contributed by atoms with E-state index in [0.717, 1.165) is 64.0 Å². The van der Waals surface area contributed by atoms with Crippen molar-refractivity contribution in [2.75, 3.05) is 40.4 Å². The molecule has 0 saturated carbocycles. The van der Waals surface area contributed by atoms with Gasteiger partial charge in [0, 0.05) is 57.8 Å². The van der Waals surface area contributed by atoms with Crippen LogP contribution in [0.3, 0.4) is 0 Å². The van der Waals surface area contributed by atoms with E-state index in [1.807, 2.05) is 29.2 Å². The molecule has 0 radical (unpaired) electrons. The van der Waals surface area contributed by atoms with Crippen LogP contribution in [0.4, 0.5) is 0 Å². The summed E-state index contributed by atoms with van der Waals surface area (Å²) in [5.41, 5.74) is 6.04. The lowest BCUT2D eigenvalue weighted by molar-refractivity contribution is -0.146. The van der Waals surface area contributed by atoms with Gasteiger partial charge >= 0.3 is 0 Å². The number of primary amides is 1. The Kier molecular flexibility index (Phi) is 18.0. The molecule has 2 saturated heterocycles. The van der Waals surface area contributed by atoms with Gasteiger partial charge in [-0.3, -0.25) is 14.5 Å². The van der Waals surface area contributed by atoms with Crippen molar-refractivity contribution in [3.63, 3.8) is 0 Å². The molecule has 10 heteroatoms. The summed E-state index contributed by atoms with van der Waals surface area (Å²) >= 11 is 0. The Balaban J connectivity index is 0.000000393. The quantitative estimate of drug-likeness (QED) is 0.126. The van der Waals surface area contributed by atoms with Gasteiger partial charge in [-0.25, -0.2) is 0 Å². The lowest BCUT2D eigenvalue weighted by atomic mass is 9.91. The van der Waals surface area contributed by atoms with Gasteiger partial charge < -0.3 is 24.9 Å². The molecule has 0 spiro atoms. The number of carbonyl (C=O) groups is 2. The summed E-state index contributed by atoms with van der Waals surface area (Å²) in [5, 5.41) is 12.3. The SMILES string of the molecule is C=NO/C(=C\CN1CCC(C(OC)OC)CC1)C(C)C(C)C.CC(c1ccc(C#N)cc1)C1CCCN1C=O.NC=O. The maximum atomic E-state index is 10.9. The molecule has 1 aromatic rings. The Morgan fingerprint density at radius 1 is 1.10 bits per heavy atom. The molecule has 0 aliphatic carbocycles. The van der Waals surface area contributed by atoms with Crippen molar-refractivity contribution in [1.29, 1.82) is 5.26 Å². The highest BCUT2D eigenvalue weighted by Crippen LogP contribution is 2.30. The van der Waals surface area contributed by atoms with Crippen LogP contribution in [-0.4, -0.2) is 82.1 Å². The molecule has 2 aliphatic rings. The normalized spacial score (nSPS) is 19.1. The summed E-state index contributed by atoms with van der Waals surface area (Å²) in [5.74, 6) is 2.59. The first-order valence-corrected chi connectivity index (χ1v) is 14.7. The molecule has 2 heterocycles. The Labute approximate surface area is 252 Å². The van der Waals surface area contributed by atoms with Crippen LogP contribution < -0.4 is 5.73 Å². The van der Waals surface area contributed by atoms with Crippen LogP contribution in [0.25, 0.3) is 0 Å². The van der Waals surface area contributed by atoms with Crippen molar-refractivity contribution in [3.8, 4) is 6.07 Å². The van der Waals surface area contributed by atoms with Crippen LogP contribution in [-0.2, 0) is 23.9 Å². The van der Waals surface area contributed by atoms with Gasteiger partial charge in [-0.2, -0.15) is 5.26 Å². The van der Waals surface area contributed by atoms with Gasteiger partial charge in [-0.1, -0.05) is 45.0 Å². The van der Waals surface area contributed by atoms with E-state index in [1.165, 1.54) is 5.56 Å². The predicted molar refractivity (Wildman–Crippen MR) is 165 cm³/mol. The van der Waals surface area contributed by atoms with Gasteiger partial charge in [0.25, 0.3) is 0 Å². The van der Waals surface area contributed by atoms with Crippen molar-refractivity contribution < 1.29 is 23.9 Å². The number of oxime groups is 1.